The van der Waals surface area contributed by atoms with Gasteiger partial charge >= 0.3 is 12.1 Å². The second-order valence-electron chi connectivity index (χ2n) is 8.59. The quantitative estimate of drug-likeness (QED) is 0.509. The van der Waals surface area contributed by atoms with Gasteiger partial charge in [0, 0.05) is 36.8 Å². The highest BCUT2D eigenvalue weighted by molar-refractivity contribution is 6.04. The summed E-state index contributed by atoms with van der Waals surface area (Å²) in [6.07, 6.45) is -1.34. The number of carbonyl (C=O) groups excluding carboxylic acids is 3. The summed E-state index contributed by atoms with van der Waals surface area (Å²) in [6.45, 7) is 0.381. The summed E-state index contributed by atoms with van der Waals surface area (Å²) in [5.41, 5.74) is 7.53. The van der Waals surface area contributed by atoms with Gasteiger partial charge in [-0.05, 0) is 55.5 Å². The van der Waals surface area contributed by atoms with E-state index in [2.05, 4.69) is 15.3 Å². The highest BCUT2D eigenvalue weighted by Gasteiger charge is 2.43. The lowest BCUT2D eigenvalue weighted by atomic mass is 9.94. The van der Waals surface area contributed by atoms with Gasteiger partial charge in [0.2, 0.25) is 5.91 Å². The number of carbonyl (C=O) groups is 3. The molecule has 1 fully saturated rings. The normalized spacial score (nSPS) is 16.6. The number of amides is 2. The number of primary amides is 1. The summed E-state index contributed by atoms with van der Waals surface area (Å²) >= 11 is 0. The molecule has 2 heterocycles. The molecule has 1 atom stereocenters. The summed E-state index contributed by atoms with van der Waals surface area (Å²) in [5, 5.41) is 9.02. The minimum absolute atomic E-state index is 0.0628. The molecule has 0 saturated carbocycles. The predicted molar refractivity (Wildman–Crippen MR) is 124 cm³/mol. The van der Waals surface area contributed by atoms with E-state index in [1.807, 2.05) is 6.07 Å². The van der Waals surface area contributed by atoms with E-state index in [1.54, 1.807) is 47.3 Å². The van der Waals surface area contributed by atoms with Gasteiger partial charge in [0.15, 0.2) is 0 Å². The van der Waals surface area contributed by atoms with E-state index in [0.29, 0.717) is 29.6 Å². The number of rotatable bonds is 7. The molecule has 190 valence electrons. The van der Waals surface area contributed by atoms with Crippen LogP contribution in [0.3, 0.4) is 0 Å². The van der Waals surface area contributed by atoms with Gasteiger partial charge in [-0.2, -0.15) is 18.3 Å². The summed E-state index contributed by atoms with van der Waals surface area (Å²) in [5.74, 6) is -3.09. The first-order valence-corrected chi connectivity index (χ1v) is 11.3. The molecule has 36 heavy (non-hydrogen) atoms. The van der Waals surface area contributed by atoms with Crippen LogP contribution in [0.15, 0.2) is 48.7 Å². The average Bonchev–Trinajstić information content (AvgIpc) is 3.27. The Morgan fingerprint density at radius 1 is 1.14 bits per heavy atom. The van der Waals surface area contributed by atoms with Crippen molar-refractivity contribution in [1.82, 2.24) is 14.8 Å². The number of piperidine rings is 1. The molecule has 0 spiro atoms. The molecule has 1 unspecified atom stereocenters. The summed E-state index contributed by atoms with van der Waals surface area (Å²) < 4.78 is 38.8. The van der Waals surface area contributed by atoms with Crippen LogP contribution in [-0.2, 0) is 14.4 Å². The van der Waals surface area contributed by atoms with Gasteiger partial charge in [-0.25, -0.2) is 9.48 Å². The van der Waals surface area contributed by atoms with E-state index < -0.39 is 18.1 Å². The molecule has 0 radical (unpaired) electrons. The zero-order chi connectivity index (χ0) is 25.9. The van der Waals surface area contributed by atoms with Gasteiger partial charge in [0.05, 0.1) is 11.3 Å². The smallest absolute Gasteiger partial charge is 0.366 e. The Morgan fingerprint density at radius 3 is 2.58 bits per heavy atom. The Morgan fingerprint density at radius 2 is 1.89 bits per heavy atom. The number of alkyl halides is 3. The van der Waals surface area contributed by atoms with Crippen LogP contribution < -0.4 is 11.1 Å². The third kappa shape index (κ3) is 6.00. The maximum Gasteiger partial charge on any atom is 0.492 e. The standard InChI is InChI=1S/C24H24F3N5O4/c25-24(26,27)23(35)36-31-12-2-3-15(13-31)6-11-20(33)29-17-7-9-18(10-8-17)32-14-16-4-1-5-19(22(28)34)21(16)30-32/h1,4-5,7-10,14-15H,2-3,6,11-13H2,(H2,28,34)(H,29,33). The van der Waals surface area contributed by atoms with Crippen LogP contribution in [0.2, 0.25) is 0 Å². The van der Waals surface area contributed by atoms with Gasteiger partial charge in [-0.15, -0.1) is 5.06 Å². The third-order valence-electron chi connectivity index (χ3n) is 5.92. The average molecular weight is 503 g/mol. The van der Waals surface area contributed by atoms with Crippen LogP contribution in [0.4, 0.5) is 18.9 Å². The molecule has 0 bridgehead atoms. The number of fused-ring (bicyclic) bond motifs is 1. The second kappa shape index (κ2) is 10.4. The Balaban J connectivity index is 1.30. The lowest BCUT2D eigenvalue weighted by molar-refractivity contribution is -0.243. The number of hydrogen-bond acceptors (Lipinski definition) is 6. The molecule has 3 aromatic rings. The number of hydroxylamine groups is 2. The van der Waals surface area contributed by atoms with E-state index in [1.165, 1.54) is 0 Å². The van der Waals surface area contributed by atoms with Crippen molar-refractivity contribution >= 4 is 34.4 Å². The van der Waals surface area contributed by atoms with E-state index in [0.717, 1.165) is 22.6 Å². The highest BCUT2D eigenvalue weighted by Crippen LogP contribution is 2.25. The molecule has 0 aliphatic carbocycles. The van der Waals surface area contributed by atoms with Crippen LogP contribution in [0.25, 0.3) is 16.6 Å². The fourth-order valence-corrected chi connectivity index (χ4v) is 4.15. The first-order valence-electron chi connectivity index (χ1n) is 11.3. The van der Waals surface area contributed by atoms with Crippen LogP contribution in [0, 0.1) is 5.92 Å². The molecule has 1 aromatic heterocycles. The van der Waals surface area contributed by atoms with Crippen molar-refractivity contribution in [3.8, 4) is 5.69 Å². The number of aromatic nitrogens is 2. The molecule has 9 nitrogen and oxygen atoms in total. The number of nitrogens with one attached hydrogen (secondary N) is 1. The van der Waals surface area contributed by atoms with Crippen molar-refractivity contribution in [2.24, 2.45) is 11.7 Å². The number of nitrogens with two attached hydrogens (primary N) is 1. The van der Waals surface area contributed by atoms with Gasteiger partial charge < -0.3 is 15.9 Å². The van der Waals surface area contributed by atoms with E-state index in [4.69, 9.17) is 5.73 Å². The zero-order valence-electron chi connectivity index (χ0n) is 19.1. The van der Waals surface area contributed by atoms with E-state index >= 15 is 0 Å². The van der Waals surface area contributed by atoms with Crippen molar-refractivity contribution in [2.75, 3.05) is 18.4 Å². The summed E-state index contributed by atoms with van der Waals surface area (Å²) in [7, 11) is 0. The fourth-order valence-electron chi connectivity index (χ4n) is 4.15. The maximum atomic E-state index is 12.4. The van der Waals surface area contributed by atoms with Crippen molar-refractivity contribution in [1.29, 1.82) is 0 Å². The summed E-state index contributed by atoms with van der Waals surface area (Å²) in [6, 6.07) is 12.1. The molecule has 1 aliphatic rings. The third-order valence-corrected chi connectivity index (χ3v) is 5.92. The second-order valence-corrected chi connectivity index (χ2v) is 8.59. The number of anilines is 1. The monoisotopic (exact) mass is 503 g/mol. The Labute approximate surface area is 203 Å². The Bertz CT molecular complexity index is 1270. The topological polar surface area (TPSA) is 120 Å². The van der Waals surface area contributed by atoms with Crippen LogP contribution >= 0.6 is 0 Å². The largest absolute Gasteiger partial charge is 0.492 e. The van der Waals surface area contributed by atoms with Crippen molar-refractivity contribution in [3.05, 3.63) is 54.2 Å². The van der Waals surface area contributed by atoms with Gasteiger partial charge in [-0.3, -0.25) is 9.59 Å². The van der Waals surface area contributed by atoms with E-state index in [-0.39, 0.29) is 31.3 Å². The zero-order valence-corrected chi connectivity index (χ0v) is 19.1. The first kappa shape index (κ1) is 25.2. The van der Waals surface area contributed by atoms with Crippen molar-refractivity contribution in [2.45, 2.75) is 31.9 Å². The Hall–Kier alpha value is -3.93. The number of halogens is 3. The molecule has 3 N–H and O–H groups in total. The van der Waals surface area contributed by atoms with Crippen molar-refractivity contribution in [3.63, 3.8) is 0 Å². The van der Waals surface area contributed by atoms with Crippen LogP contribution in [0.1, 0.15) is 36.0 Å². The lowest BCUT2D eigenvalue weighted by Crippen LogP contribution is -2.40. The number of nitrogens with zero attached hydrogens (tertiary/aromatic N) is 3. The Kier molecular flexibility index (Phi) is 7.25. The number of benzene rings is 2. The van der Waals surface area contributed by atoms with E-state index in [9.17, 15) is 27.6 Å². The molecule has 1 aliphatic heterocycles. The van der Waals surface area contributed by atoms with Crippen molar-refractivity contribution < 1.29 is 32.4 Å². The molecule has 4 rings (SSSR count). The first-order chi connectivity index (χ1) is 17.1. The molecular formula is C24H24F3N5O4. The SMILES string of the molecule is NC(=O)c1cccc2cn(-c3ccc(NC(=O)CCC4CCCN(OC(=O)C(F)(F)F)C4)cc3)nc12. The molecule has 12 heteroatoms. The van der Waals surface area contributed by atoms with Gasteiger partial charge in [-0.1, -0.05) is 12.1 Å². The fraction of sp³-hybridized carbons (Fsp3) is 0.333. The highest BCUT2D eigenvalue weighted by atomic mass is 19.4. The van der Waals surface area contributed by atoms with Gasteiger partial charge in [0.25, 0.3) is 5.91 Å². The van der Waals surface area contributed by atoms with Crippen LogP contribution in [0.5, 0.6) is 0 Å². The molecule has 2 amide bonds. The maximum absolute atomic E-state index is 12.4. The molecule has 1 saturated heterocycles. The predicted octanol–water partition coefficient (Wildman–Crippen LogP) is 3.58. The minimum atomic E-state index is -5.04. The molecule has 2 aromatic carbocycles. The molecular weight excluding hydrogens is 479 g/mol. The lowest BCUT2D eigenvalue weighted by Gasteiger charge is -2.31. The summed E-state index contributed by atoms with van der Waals surface area (Å²) in [4.78, 5) is 39.5. The van der Waals surface area contributed by atoms with Gasteiger partial charge in [0.1, 0.15) is 5.52 Å². The van der Waals surface area contributed by atoms with Crippen LogP contribution in [-0.4, -0.2) is 51.9 Å². The minimum Gasteiger partial charge on any atom is -0.366 e. The number of hydrogen-bond donors (Lipinski definition) is 2.